The minimum Gasteiger partial charge on any atom is -0.308 e. The van der Waals surface area contributed by atoms with Crippen LogP contribution in [0.4, 0.5) is 0 Å². The van der Waals surface area contributed by atoms with Crippen molar-refractivity contribution < 1.29 is 0 Å². The van der Waals surface area contributed by atoms with E-state index in [0.717, 1.165) is 0 Å². The van der Waals surface area contributed by atoms with Gasteiger partial charge in [-0.1, -0.05) is 0 Å². The lowest BCUT2D eigenvalue weighted by molar-refractivity contribution is 0.469. The Labute approximate surface area is 46.1 Å². The van der Waals surface area contributed by atoms with Crippen LogP contribution in [-0.4, -0.2) is 5.54 Å². The van der Waals surface area contributed by atoms with E-state index in [1.54, 1.807) is 0 Å². The molecule has 0 rings (SSSR count). The molecule has 0 saturated carbocycles. The molecule has 0 aromatic rings. The van der Waals surface area contributed by atoms with E-state index in [0.29, 0.717) is 0 Å². The van der Waals surface area contributed by atoms with Gasteiger partial charge in [0.1, 0.15) is 0 Å². The van der Waals surface area contributed by atoms with Gasteiger partial charge in [-0.05, 0) is 27.7 Å². The van der Waals surface area contributed by atoms with E-state index in [4.69, 9.17) is 0 Å². The Balaban J connectivity index is 3.15. The summed E-state index contributed by atoms with van der Waals surface area (Å²) in [6, 6.07) is 0. The Morgan fingerprint density at radius 1 is 1.29 bits per heavy atom. The molecule has 7 heavy (non-hydrogen) atoms. The van der Waals surface area contributed by atoms with Crippen molar-refractivity contribution in [3.63, 3.8) is 0 Å². The summed E-state index contributed by atoms with van der Waals surface area (Å²) in [4.78, 5) is 0. The average molecular weight is 100 g/mol. The second-order valence-electron chi connectivity index (χ2n) is 2.68. The third-order valence-corrected chi connectivity index (χ3v) is 0.577. The molecule has 0 aliphatic carbocycles. The maximum atomic E-state index is 3.16. The smallest absolute Gasteiger partial charge is 0.0195 e. The molecule has 1 N–H and O–H groups in total. The Bertz CT molecular complexity index is 42.6. The van der Waals surface area contributed by atoms with E-state index in [1.165, 1.54) is 0 Å². The molecule has 0 saturated heterocycles. The zero-order valence-electron chi connectivity index (χ0n) is 5.58. The van der Waals surface area contributed by atoms with Crippen LogP contribution < -0.4 is 5.32 Å². The van der Waals surface area contributed by atoms with Crippen molar-refractivity contribution in [3.05, 3.63) is 6.54 Å². The minimum atomic E-state index is 0.245. The highest BCUT2D eigenvalue weighted by molar-refractivity contribution is 4.72. The van der Waals surface area contributed by atoms with Crippen molar-refractivity contribution in [2.24, 2.45) is 0 Å². The zero-order chi connectivity index (χ0) is 5.91. The van der Waals surface area contributed by atoms with Crippen molar-refractivity contribution in [2.75, 3.05) is 0 Å². The summed E-state index contributed by atoms with van der Waals surface area (Å²) in [5.41, 5.74) is 0.245. The molecule has 0 fully saturated rings. The van der Waals surface area contributed by atoms with Gasteiger partial charge in [0.05, 0.1) is 0 Å². The molecule has 0 aromatic carbocycles. The SMILES string of the molecule is C[CH]NC(C)(C)C. The highest BCUT2D eigenvalue weighted by Crippen LogP contribution is 1.97. The van der Waals surface area contributed by atoms with E-state index in [2.05, 4.69) is 26.1 Å². The van der Waals surface area contributed by atoms with Gasteiger partial charge in [-0.3, -0.25) is 0 Å². The first kappa shape index (κ1) is 6.96. The van der Waals surface area contributed by atoms with Crippen LogP contribution in [0.2, 0.25) is 0 Å². The third kappa shape index (κ3) is 5.96. The third-order valence-electron chi connectivity index (χ3n) is 0.577. The lowest BCUT2D eigenvalue weighted by Gasteiger charge is -2.17. The van der Waals surface area contributed by atoms with Crippen LogP contribution in [0.3, 0.4) is 0 Å². The van der Waals surface area contributed by atoms with Crippen molar-refractivity contribution in [1.29, 1.82) is 0 Å². The monoisotopic (exact) mass is 100 g/mol. The van der Waals surface area contributed by atoms with Crippen LogP contribution in [-0.2, 0) is 0 Å². The van der Waals surface area contributed by atoms with Gasteiger partial charge in [0, 0.05) is 12.1 Å². The highest BCUT2D eigenvalue weighted by atomic mass is 14.9. The summed E-state index contributed by atoms with van der Waals surface area (Å²) < 4.78 is 0. The molecule has 0 unspecified atom stereocenters. The van der Waals surface area contributed by atoms with Gasteiger partial charge in [-0.15, -0.1) is 0 Å². The van der Waals surface area contributed by atoms with Crippen LogP contribution in [0.1, 0.15) is 27.7 Å². The minimum absolute atomic E-state index is 0.245. The molecular weight excluding hydrogens is 86.1 g/mol. The predicted molar refractivity (Wildman–Crippen MR) is 32.9 cm³/mol. The lowest BCUT2D eigenvalue weighted by Crippen LogP contribution is -2.32. The van der Waals surface area contributed by atoms with Crippen molar-refractivity contribution >= 4 is 0 Å². The molecule has 0 bridgehead atoms. The maximum absolute atomic E-state index is 3.16. The fourth-order valence-corrected chi connectivity index (χ4v) is 0.433. The van der Waals surface area contributed by atoms with Crippen LogP contribution in [0, 0.1) is 6.54 Å². The molecule has 0 aromatic heterocycles. The first-order valence-electron chi connectivity index (χ1n) is 2.62. The highest BCUT2D eigenvalue weighted by Gasteiger charge is 2.04. The molecule has 0 heterocycles. The van der Waals surface area contributed by atoms with Crippen LogP contribution >= 0.6 is 0 Å². The topological polar surface area (TPSA) is 12.0 Å². The summed E-state index contributed by atoms with van der Waals surface area (Å²) in [5, 5.41) is 3.16. The molecule has 1 heteroatoms. The second kappa shape index (κ2) is 2.31. The summed E-state index contributed by atoms with van der Waals surface area (Å²) in [7, 11) is 0. The Morgan fingerprint density at radius 2 is 1.71 bits per heavy atom. The number of nitrogens with one attached hydrogen (secondary N) is 1. The summed E-state index contributed by atoms with van der Waals surface area (Å²) in [6.07, 6.45) is 0. The Morgan fingerprint density at radius 3 is 1.71 bits per heavy atom. The van der Waals surface area contributed by atoms with Crippen LogP contribution in [0.25, 0.3) is 0 Å². The summed E-state index contributed by atoms with van der Waals surface area (Å²) >= 11 is 0. The van der Waals surface area contributed by atoms with Gasteiger partial charge < -0.3 is 5.32 Å². The quantitative estimate of drug-likeness (QED) is 0.527. The number of hydrogen-bond acceptors (Lipinski definition) is 1. The molecule has 1 nitrogen and oxygen atoms in total. The Hall–Kier alpha value is -0.0400. The van der Waals surface area contributed by atoms with Gasteiger partial charge in [0.15, 0.2) is 0 Å². The molecule has 0 aliphatic rings. The molecular formula is C6H14N. The molecule has 0 spiro atoms. The van der Waals surface area contributed by atoms with E-state index in [9.17, 15) is 0 Å². The van der Waals surface area contributed by atoms with E-state index in [1.807, 2.05) is 13.5 Å². The van der Waals surface area contributed by atoms with Crippen molar-refractivity contribution in [3.8, 4) is 0 Å². The van der Waals surface area contributed by atoms with Gasteiger partial charge >= 0.3 is 0 Å². The average Bonchev–Trinajstić information content (AvgIpc) is 1.30. The van der Waals surface area contributed by atoms with Crippen LogP contribution in [0.15, 0.2) is 0 Å². The number of rotatable bonds is 1. The van der Waals surface area contributed by atoms with Gasteiger partial charge in [0.25, 0.3) is 0 Å². The first-order valence-corrected chi connectivity index (χ1v) is 2.62. The fraction of sp³-hybridized carbons (Fsp3) is 0.833. The standard InChI is InChI=1S/C6H14N/c1-5-7-6(2,3)4/h5,7H,1-4H3. The fourth-order valence-electron chi connectivity index (χ4n) is 0.433. The normalized spacial score (nSPS) is 12.0. The van der Waals surface area contributed by atoms with E-state index < -0.39 is 0 Å². The summed E-state index contributed by atoms with van der Waals surface area (Å²) in [5.74, 6) is 0. The van der Waals surface area contributed by atoms with Crippen LogP contribution in [0.5, 0.6) is 0 Å². The van der Waals surface area contributed by atoms with Gasteiger partial charge in [-0.25, -0.2) is 0 Å². The molecule has 1 radical (unpaired) electrons. The Kier molecular flexibility index (Phi) is 2.30. The van der Waals surface area contributed by atoms with Crippen molar-refractivity contribution in [2.45, 2.75) is 33.2 Å². The van der Waals surface area contributed by atoms with E-state index >= 15 is 0 Å². The largest absolute Gasteiger partial charge is 0.308 e. The van der Waals surface area contributed by atoms with E-state index in [-0.39, 0.29) is 5.54 Å². The molecule has 43 valence electrons. The number of hydrogen-bond donors (Lipinski definition) is 1. The summed E-state index contributed by atoms with van der Waals surface area (Å²) in [6.45, 7) is 10.3. The zero-order valence-corrected chi connectivity index (χ0v) is 5.58. The predicted octanol–water partition coefficient (Wildman–Crippen LogP) is 1.56. The molecule has 0 atom stereocenters. The van der Waals surface area contributed by atoms with Gasteiger partial charge in [-0.2, -0.15) is 0 Å². The second-order valence-corrected chi connectivity index (χ2v) is 2.68. The molecule has 0 aliphatic heterocycles. The lowest BCUT2D eigenvalue weighted by atomic mass is 10.1. The maximum Gasteiger partial charge on any atom is 0.0195 e. The molecule has 0 amide bonds. The first-order chi connectivity index (χ1) is 3.06. The van der Waals surface area contributed by atoms with Gasteiger partial charge in [0.2, 0.25) is 0 Å². The van der Waals surface area contributed by atoms with Crippen molar-refractivity contribution in [1.82, 2.24) is 5.32 Å².